The molecule has 2 rings (SSSR count). The lowest BCUT2D eigenvalue weighted by Crippen LogP contribution is -2.48. The summed E-state index contributed by atoms with van der Waals surface area (Å²) >= 11 is 5.85. The molecular formula is C11H15ClN2O2. The average molecular weight is 243 g/mol. The van der Waals surface area contributed by atoms with Crippen LogP contribution >= 0.6 is 11.6 Å². The molecule has 1 fully saturated rings. The standard InChI is InChI=1S/C11H15ClN2O2/c1-8-5-14(6-9(7-15)16-8)11-4-2-3-10(12)13-11/h2-4,8-9,15H,5-7H2,1H3. The van der Waals surface area contributed by atoms with Crippen LogP contribution in [-0.2, 0) is 4.74 Å². The molecule has 1 aliphatic heterocycles. The van der Waals surface area contributed by atoms with Gasteiger partial charge in [-0.1, -0.05) is 17.7 Å². The third-order valence-corrected chi connectivity index (χ3v) is 2.76. The molecule has 0 radical (unpaired) electrons. The molecule has 0 amide bonds. The van der Waals surface area contributed by atoms with Gasteiger partial charge in [-0.3, -0.25) is 0 Å². The molecule has 0 aliphatic carbocycles. The predicted molar refractivity (Wildman–Crippen MR) is 62.9 cm³/mol. The SMILES string of the molecule is CC1CN(c2cccc(Cl)n2)CC(CO)O1. The van der Waals surface area contributed by atoms with Crippen LogP contribution in [0.4, 0.5) is 5.82 Å². The van der Waals surface area contributed by atoms with Crippen molar-refractivity contribution in [1.82, 2.24) is 4.98 Å². The van der Waals surface area contributed by atoms with Crippen molar-refractivity contribution in [2.45, 2.75) is 19.1 Å². The molecular weight excluding hydrogens is 228 g/mol. The molecule has 88 valence electrons. The number of aromatic nitrogens is 1. The van der Waals surface area contributed by atoms with Gasteiger partial charge in [0.15, 0.2) is 0 Å². The van der Waals surface area contributed by atoms with E-state index in [1.807, 2.05) is 19.1 Å². The Morgan fingerprint density at radius 3 is 3.06 bits per heavy atom. The summed E-state index contributed by atoms with van der Waals surface area (Å²) in [6.07, 6.45) is -0.0591. The molecule has 1 aromatic heterocycles. The summed E-state index contributed by atoms with van der Waals surface area (Å²) < 4.78 is 5.56. The molecule has 2 atom stereocenters. The molecule has 5 heteroatoms. The Morgan fingerprint density at radius 1 is 1.56 bits per heavy atom. The highest BCUT2D eigenvalue weighted by atomic mass is 35.5. The van der Waals surface area contributed by atoms with Gasteiger partial charge in [0.1, 0.15) is 11.0 Å². The highest BCUT2D eigenvalue weighted by molar-refractivity contribution is 6.29. The van der Waals surface area contributed by atoms with Crippen molar-refractivity contribution >= 4 is 17.4 Å². The Balaban J connectivity index is 2.14. The molecule has 4 nitrogen and oxygen atoms in total. The Morgan fingerprint density at radius 2 is 2.38 bits per heavy atom. The van der Waals surface area contributed by atoms with Crippen LogP contribution in [0, 0.1) is 0 Å². The minimum absolute atomic E-state index is 0.0292. The minimum Gasteiger partial charge on any atom is -0.394 e. The highest BCUT2D eigenvalue weighted by Crippen LogP contribution is 2.19. The van der Waals surface area contributed by atoms with Crippen LogP contribution in [-0.4, -0.2) is 42.0 Å². The Kier molecular flexibility index (Phi) is 3.63. The summed E-state index contributed by atoms with van der Waals surface area (Å²) in [6, 6.07) is 5.54. The first kappa shape index (κ1) is 11.6. The Labute approximate surface area is 99.8 Å². The summed E-state index contributed by atoms with van der Waals surface area (Å²) in [4.78, 5) is 6.34. The molecule has 0 bridgehead atoms. The van der Waals surface area contributed by atoms with Crippen molar-refractivity contribution in [3.63, 3.8) is 0 Å². The van der Waals surface area contributed by atoms with E-state index < -0.39 is 0 Å². The van der Waals surface area contributed by atoms with Gasteiger partial charge in [0.05, 0.1) is 18.8 Å². The fourth-order valence-corrected chi connectivity index (χ4v) is 2.07. The predicted octanol–water partition coefficient (Wildman–Crippen LogP) is 1.32. The second-order valence-corrected chi connectivity index (χ2v) is 4.36. The third kappa shape index (κ3) is 2.64. The van der Waals surface area contributed by atoms with Crippen LogP contribution in [0.3, 0.4) is 0 Å². The summed E-state index contributed by atoms with van der Waals surface area (Å²) in [6.45, 7) is 3.43. The average Bonchev–Trinajstić information content (AvgIpc) is 2.28. The third-order valence-electron chi connectivity index (χ3n) is 2.55. The van der Waals surface area contributed by atoms with Crippen LogP contribution in [0.1, 0.15) is 6.92 Å². The number of aliphatic hydroxyl groups excluding tert-OH is 1. The van der Waals surface area contributed by atoms with Gasteiger partial charge >= 0.3 is 0 Å². The van der Waals surface area contributed by atoms with E-state index in [0.29, 0.717) is 11.7 Å². The maximum Gasteiger partial charge on any atom is 0.131 e. The zero-order valence-corrected chi connectivity index (χ0v) is 9.89. The number of rotatable bonds is 2. The topological polar surface area (TPSA) is 45.6 Å². The van der Waals surface area contributed by atoms with Crippen LogP contribution in [0.25, 0.3) is 0 Å². The second kappa shape index (κ2) is 4.99. The fourth-order valence-electron chi connectivity index (χ4n) is 1.91. The number of aliphatic hydroxyl groups is 1. The van der Waals surface area contributed by atoms with Gasteiger partial charge < -0.3 is 14.7 Å². The second-order valence-electron chi connectivity index (χ2n) is 3.97. The zero-order valence-electron chi connectivity index (χ0n) is 9.14. The van der Waals surface area contributed by atoms with Crippen molar-refractivity contribution in [1.29, 1.82) is 0 Å². The normalized spacial score (nSPS) is 25.8. The number of halogens is 1. The summed E-state index contributed by atoms with van der Waals surface area (Å²) in [5.41, 5.74) is 0. The number of ether oxygens (including phenoxy) is 1. The largest absolute Gasteiger partial charge is 0.394 e. The van der Waals surface area contributed by atoms with Crippen LogP contribution in [0.15, 0.2) is 18.2 Å². The number of hydrogen-bond donors (Lipinski definition) is 1. The number of pyridine rings is 1. The lowest BCUT2D eigenvalue weighted by molar-refractivity contribution is -0.0423. The Hall–Kier alpha value is -0.840. The van der Waals surface area contributed by atoms with Gasteiger partial charge in [0.25, 0.3) is 0 Å². The van der Waals surface area contributed by atoms with Crippen molar-refractivity contribution in [2.75, 3.05) is 24.6 Å². The number of hydrogen-bond acceptors (Lipinski definition) is 4. The fraction of sp³-hybridized carbons (Fsp3) is 0.545. The molecule has 1 aromatic rings. The van der Waals surface area contributed by atoms with Crippen molar-refractivity contribution in [2.24, 2.45) is 0 Å². The van der Waals surface area contributed by atoms with Crippen LogP contribution < -0.4 is 4.90 Å². The first-order valence-electron chi connectivity index (χ1n) is 5.33. The summed E-state index contributed by atoms with van der Waals surface area (Å²) in [5, 5.41) is 9.61. The molecule has 0 spiro atoms. The van der Waals surface area contributed by atoms with Crippen molar-refractivity contribution < 1.29 is 9.84 Å². The minimum atomic E-state index is -0.149. The molecule has 2 unspecified atom stereocenters. The zero-order chi connectivity index (χ0) is 11.5. The van der Waals surface area contributed by atoms with E-state index in [2.05, 4.69) is 9.88 Å². The lowest BCUT2D eigenvalue weighted by Gasteiger charge is -2.36. The molecule has 0 saturated carbocycles. The van der Waals surface area contributed by atoms with E-state index in [9.17, 15) is 0 Å². The van der Waals surface area contributed by atoms with Gasteiger partial charge in [0, 0.05) is 13.1 Å². The molecule has 1 N–H and O–H groups in total. The van der Waals surface area contributed by atoms with Gasteiger partial charge in [0.2, 0.25) is 0 Å². The van der Waals surface area contributed by atoms with E-state index in [-0.39, 0.29) is 18.8 Å². The van der Waals surface area contributed by atoms with Crippen LogP contribution in [0.2, 0.25) is 5.15 Å². The maximum atomic E-state index is 9.13. The van der Waals surface area contributed by atoms with Gasteiger partial charge in [-0.2, -0.15) is 0 Å². The van der Waals surface area contributed by atoms with E-state index in [1.54, 1.807) is 6.07 Å². The van der Waals surface area contributed by atoms with Crippen molar-refractivity contribution in [3.8, 4) is 0 Å². The van der Waals surface area contributed by atoms with Crippen molar-refractivity contribution in [3.05, 3.63) is 23.4 Å². The van der Waals surface area contributed by atoms with Gasteiger partial charge in [-0.05, 0) is 19.1 Å². The smallest absolute Gasteiger partial charge is 0.131 e. The Bertz CT molecular complexity index is 362. The quantitative estimate of drug-likeness (QED) is 0.795. The van der Waals surface area contributed by atoms with E-state index >= 15 is 0 Å². The summed E-state index contributed by atoms with van der Waals surface area (Å²) in [7, 11) is 0. The van der Waals surface area contributed by atoms with Gasteiger partial charge in [-0.25, -0.2) is 4.98 Å². The number of nitrogens with zero attached hydrogens (tertiary/aromatic N) is 2. The summed E-state index contributed by atoms with van der Waals surface area (Å²) in [5.74, 6) is 0.834. The van der Waals surface area contributed by atoms with Crippen LogP contribution in [0.5, 0.6) is 0 Å². The molecule has 0 aromatic carbocycles. The molecule has 2 heterocycles. The van der Waals surface area contributed by atoms with E-state index in [0.717, 1.165) is 12.4 Å². The monoisotopic (exact) mass is 242 g/mol. The molecule has 1 aliphatic rings. The first-order chi connectivity index (χ1) is 7.69. The number of anilines is 1. The first-order valence-corrected chi connectivity index (χ1v) is 5.70. The molecule has 1 saturated heterocycles. The van der Waals surface area contributed by atoms with E-state index in [4.69, 9.17) is 21.4 Å². The molecule has 16 heavy (non-hydrogen) atoms. The van der Waals surface area contributed by atoms with E-state index in [1.165, 1.54) is 0 Å². The number of morpholine rings is 1. The maximum absolute atomic E-state index is 9.13. The highest BCUT2D eigenvalue weighted by Gasteiger charge is 2.25. The van der Waals surface area contributed by atoms with Gasteiger partial charge in [-0.15, -0.1) is 0 Å². The lowest BCUT2D eigenvalue weighted by atomic mass is 10.2.